The fourth-order valence-electron chi connectivity index (χ4n) is 2.52. The van der Waals surface area contributed by atoms with Crippen molar-refractivity contribution in [1.29, 1.82) is 0 Å². The standard InChI is InChI=1S/C18H16BrCl2NO3/c19-13-9-11(6-7-16(13)25-10-12-3-2-8-24-12)18(23)22-17-14(20)4-1-5-15(17)21/h1,4-7,9,12H,2-3,8,10H2,(H,22,23). The molecule has 1 atom stereocenters. The molecule has 1 heterocycles. The van der Waals surface area contributed by atoms with Gasteiger partial charge in [0.25, 0.3) is 5.91 Å². The Morgan fingerprint density at radius 2 is 2.04 bits per heavy atom. The van der Waals surface area contributed by atoms with Crippen molar-refractivity contribution in [3.63, 3.8) is 0 Å². The lowest BCUT2D eigenvalue weighted by Crippen LogP contribution is -2.17. The Morgan fingerprint density at radius 3 is 2.68 bits per heavy atom. The van der Waals surface area contributed by atoms with Crippen molar-refractivity contribution >= 4 is 50.7 Å². The molecule has 1 unspecified atom stereocenters. The van der Waals surface area contributed by atoms with E-state index in [1.807, 2.05) is 0 Å². The van der Waals surface area contributed by atoms with E-state index in [-0.39, 0.29) is 12.0 Å². The van der Waals surface area contributed by atoms with Gasteiger partial charge in [0, 0.05) is 12.2 Å². The zero-order chi connectivity index (χ0) is 17.8. The van der Waals surface area contributed by atoms with E-state index in [4.69, 9.17) is 32.7 Å². The predicted molar refractivity (Wildman–Crippen MR) is 103 cm³/mol. The van der Waals surface area contributed by atoms with Crippen LogP contribution in [0.4, 0.5) is 5.69 Å². The third-order valence-corrected chi connectivity index (χ3v) is 5.09. The molecule has 132 valence electrons. The molecule has 1 N–H and O–H groups in total. The summed E-state index contributed by atoms with van der Waals surface area (Å²) < 4.78 is 12.0. The van der Waals surface area contributed by atoms with Gasteiger partial charge in [0.1, 0.15) is 12.4 Å². The maximum Gasteiger partial charge on any atom is 0.255 e. The van der Waals surface area contributed by atoms with E-state index in [1.54, 1.807) is 36.4 Å². The minimum absolute atomic E-state index is 0.136. The van der Waals surface area contributed by atoms with E-state index in [0.717, 1.165) is 19.4 Å². The van der Waals surface area contributed by atoms with Gasteiger partial charge >= 0.3 is 0 Å². The topological polar surface area (TPSA) is 47.6 Å². The zero-order valence-electron chi connectivity index (χ0n) is 13.2. The van der Waals surface area contributed by atoms with Gasteiger partial charge in [-0.1, -0.05) is 29.3 Å². The van der Waals surface area contributed by atoms with Crippen molar-refractivity contribution in [3.8, 4) is 5.75 Å². The number of hydrogen-bond acceptors (Lipinski definition) is 3. The van der Waals surface area contributed by atoms with E-state index in [2.05, 4.69) is 21.2 Å². The van der Waals surface area contributed by atoms with Crippen molar-refractivity contribution in [3.05, 3.63) is 56.5 Å². The van der Waals surface area contributed by atoms with Gasteiger partial charge in [0.15, 0.2) is 0 Å². The molecule has 0 aliphatic carbocycles. The fourth-order valence-corrected chi connectivity index (χ4v) is 3.51. The summed E-state index contributed by atoms with van der Waals surface area (Å²) in [6.45, 7) is 1.29. The first-order valence-corrected chi connectivity index (χ1v) is 9.39. The summed E-state index contributed by atoms with van der Waals surface area (Å²) in [6, 6.07) is 10.2. The van der Waals surface area contributed by atoms with Crippen LogP contribution in [-0.2, 0) is 4.74 Å². The van der Waals surface area contributed by atoms with E-state index in [1.165, 1.54) is 0 Å². The Labute approximate surface area is 164 Å². The molecule has 0 aromatic heterocycles. The van der Waals surface area contributed by atoms with Gasteiger partial charge < -0.3 is 14.8 Å². The second kappa shape index (κ2) is 8.41. The van der Waals surface area contributed by atoms with Crippen LogP contribution in [-0.4, -0.2) is 25.2 Å². The molecule has 0 spiro atoms. The summed E-state index contributed by atoms with van der Waals surface area (Å²) in [5.74, 6) is 0.365. The first-order valence-electron chi connectivity index (χ1n) is 7.84. The van der Waals surface area contributed by atoms with Crippen molar-refractivity contribution in [2.24, 2.45) is 0 Å². The monoisotopic (exact) mass is 443 g/mol. The normalized spacial score (nSPS) is 16.7. The first-order chi connectivity index (χ1) is 12.0. The number of amides is 1. The highest BCUT2D eigenvalue weighted by Gasteiger charge is 2.17. The summed E-state index contributed by atoms with van der Waals surface area (Å²) in [5, 5.41) is 3.50. The second-order valence-electron chi connectivity index (χ2n) is 5.64. The number of anilines is 1. The van der Waals surface area contributed by atoms with Crippen LogP contribution in [0.5, 0.6) is 5.75 Å². The van der Waals surface area contributed by atoms with Crippen LogP contribution in [0.2, 0.25) is 10.0 Å². The Bertz CT molecular complexity index is 759. The lowest BCUT2D eigenvalue weighted by atomic mass is 10.2. The van der Waals surface area contributed by atoms with Crippen LogP contribution < -0.4 is 10.1 Å². The van der Waals surface area contributed by atoms with Gasteiger partial charge in [-0.15, -0.1) is 0 Å². The molecule has 1 fully saturated rings. The molecular weight excluding hydrogens is 429 g/mol. The molecule has 0 radical (unpaired) electrons. The third-order valence-electron chi connectivity index (χ3n) is 3.84. The highest BCUT2D eigenvalue weighted by molar-refractivity contribution is 9.10. The number of nitrogens with one attached hydrogen (secondary N) is 1. The average molecular weight is 445 g/mol. The van der Waals surface area contributed by atoms with Crippen LogP contribution in [0, 0.1) is 0 Å². The Hall–Kier alpha value is -1.27. The highest BCUT2D eigenvalue weighted by Crippen LogP contribution is 2.31. The highest BCUT2D eigenvalue weighted by atomic mass is 79.9. The molecule has 4 nitrogen and oxygen atoms in total. The number of carbonyl (C=O) groups is 1. The zero-order valence-corrected chi connectivity index (χ0v) is 16.3. The molecule has 0 bridgehead atoms. The summed E-state index contributed by atoms with van der Waals surface area (Å²) in [4.78, 5) is 12.4. The average Bonchev–Trinajstić information content (AvgIpc) is 3.10. The van der Waals surface area contributed by atoms with E-state index < -0.39 is 0 Å². The van der Waals surface area contributed by atoms with Crippen LogP contribution in [0.3, 0.4) is 0 Å². The molecule has 1 amide bonds. The molecular formula is C18H16BrCl2NO3. The number of para-hydroxylation sites is 1. The molecule has 25 heavy (non-hydrogen) atoms. The van der Waals surface area contributed by atoms with Crippen molar-refractivity contribution in [1.82, 2.24) is 0 Å². The largest absolute Gasteiger partial charge is 0.490 e. The van der Waals surface area contributed by atoms with Gasteiger partial charge in [-0.3, -0.25) is 4.79 Å². The van der Waals surface area contributed by atoms with E-state index in [9.17, 15) is 4.79 Å². The molecule has 1 aliphatic rings. The molecule has 7 heteroatoms. The molecule has 2 aromatic carbocycles. The predicted octanol–water partition coefficient (Wildman–Crippen LogP) is 5.57. The number of carbonyl (C=O) groups excluding carboxylic acids is 1. The minimum atomic E-state index is -0.304. The van der Waals surface area contributed by atoms with Crippen molar-refractivity contribution in [2.75, 3.05) is 18.5 Å². The van der Waals surface area contributed by atoms with Gasteiger partial charge in [0.2, 0.25) is 0 Å². The lowest BCUT2D eigenvalue weighted by molar-refractivity contribution is 0.0677. The minimum Gasteiger partial charge on any atom is -0.490 e. The fraction of sp³-hybridized carbons (Fsp3) is 0.278. The quantitative estimate of drug-likeness (QED) is 0.655. The second-order valence-corrected chi connectivity index (χ2v) is 7.31. The number of benzene rings is 2. The van der Waals surface area contributed by atoms with Crippen LogP contribution in [0.25, 0.3) is 0 Å². The lowest BCUT2D eigenvalue weighted by Gasteiger charge is -2.14. The smallest absolute Gasteiger partial charge is 0.255 e. The summed E-state index contributed by atoms with van der Waals surface area (Å²) in [5.41, 5.74) is 0.859. The molecule has 1 saturated heterocycles. The van der Waals surface area contributed by atoms with Crippen LogP contribution >= 0.6 is 39.1 Å². The number of halogens is 3. The molecule has 1 aliphatic heterocycles. The van der Waals surface area contributed by atoms with E-state index >= 15 is 0 Å². The molecule has 0 saturated carbocycles. The van der Waals surface area contributed by atoms with Gasteiger partial charge in [-0.25, -0.2) is 0 Å². The Morgan fingerprint density at radius 1 is 1.28 bits per heavy atom. The van der Waals surface area contributed by atoms with Gasteiger partial charge in [-0.2, -0.15) is 0 Å². The van der Waals surface area contributed by atoms with Gasteiger partial charge in [0.05, 0.1) is 26.3 Å². The first kappa shape index (κ1) is 18.5. The van der Waals surface area contributed by atoms with Crippen LogP contribution in [0.1, 0.15) is 23.2 Å². The van der Waals surface area contributed by atoms with Crippen molar-refractivity contribution < 1.29 is 14.3 Å². The molecule has 3 rings (SSSR count). The van der Waals surface area contributed by atoms with Crippen LogP contribution in [0.15, 0.2) is 40.9 Å². The van der Waals surface area contributed by atoms with E-state index in [0.29, 0.717) is 38.1 Å². The number of hydrogen-bond donors (Lipinski definition) is 1. The number of ether oxygens (including phenoxy) is 2. The van der Waals surface area contributed by atoms with Crippen molar-refractivity contribution in [2.45, 2.75) is 18.9 Å². The maximum absolute atomic E-state index is 12.4. The SMILES string of the molecule is O=C(Nc1c(Cl)cccc1Cl)c1ccc(OCC2CCCO2)c(Br)c1. The summed E-state index contributed by atoms with van der Waals surface area (Å²) >= 11 is 15.6. The summed E-state index contributed by atoms with van der Waals surface area (Å²) in [6.07, 6.45) is 2.22. The summed E-state index contributed by atoms with van der Waals surface area (Å²) in [7, 11) is 0. The maximum atomic E-state index is 12.4. The Kier molecular flexibility index (Phi) is 6.23. The molecule has 2 aromatic rings. The number of rotatable bonds is 5. The third kappa shape index (κ3) is 4.67. The van der Waals surface area contributed by atoms with Gasteiger partial charge in [-0.05, 0) is 59.1 Å². The Balaban J connectivity index is 1.68.